The van der Waals surface area contributed by atoms with E-state index in [1.54, 1.807) is 0 Å². The fourth-order valence-electron chi connectivity index (χ4n) is 2.67. The zero-order valence-electron chi connectivity index (χ0n) is 11.5. The Hall–Kier alpha value is -0.420. The molecule has 2 atom stereocenters. The molecule has 0 aliphatic carbocycles. The van der Waals surface area contributed by atoms with Gasteiger partial charge in [-0.2, -0.15) is 0 Å². The normalized spacial score (nSPS) is 23.8. The maximum absolute atomic E-state index is 10.0. The fourth-order valence-corrected chi connectivity index (χ4v) is 3.80. The molecule has 1 aliphatic heterocycles. The van der Waals surface area contributed by atoms with Gasteiger partial charge in [-0.05, 0) is 45.7 Å². The highest BCUT2D eigenvalue weighted by molar-refractivity contribution is 7.12. The Labute approximate surface area is 114 Å². The van der Waals surface area contributed by atoms with Crippen molar-refractivity contribution >= 4 is 11.3 Å². The third-order valence-electron chi connectivity index (χ3n) is 3.82. The molecule has 0 amide bonds. The smallest absolute Gasteiger partial charge is 0.0644 e. The second kappa shape index (κ2) is 5.29. The van der Waals surface area contributed by atoms with Crippen LogP contribution in [0.15, 0.2) is 12.1 Å². The Morgan fingerprint density at radius 3 is 2.44 bits per heavy atom. The molecule has 3 N–H and O–H groups in total. The molecule has 1 saturated heterocycles. The van der Waals surface area contributed by atoms with Gasteiger partial charge in [0.2, 0.25) is 0 Å². The lowest BCUT2D eigenvalue weighted by Gasteiger charge is -2.41. The van der Waals surface area contributed by atoms with Gasteiger partial charge in [0.25, 0.3) is 0 Å². The molecule has 1 aromatic rings. The van der Waals surface area contributed by atoms with E-state index in [0.717, 1.165) is 25.9 Å². The largest absolute Gasteiger partial charge is 0.390 e. The van der Waals surface area contributed by atoms with Crippen LogP contribution in [0.4, 0.5) is 0 Å². The first-order valence-corrected chi connectivity index (χ1v) is 7.49. The third kappa shape index (κ3) is 3.12. The van der Waals surface area contributed by atoms with Gasteiger partial charge in [0, 0.05) is 28.9 Å². The topological polar surface area (TPSA) is 49.5 Å². The highest BCUT2D eigenvalue weighted by Crippen LogP contribution is 2.33. The van der Waals surface area contributed by atoms with Gasteiger partial charge in [0.05, 0.1) is 11.6 Å². The molecule has 18 heavy (non-hydrogen) atoms. The molecule has 2 heterocycles. The predicted octanol–water partition coefficient (Wildman–Crippen LogP) is 2.29. The van der Waals surface area contributed by atoms with Crippen LogP contribution in [0.1, 0.15) is 42.5 Å². The summed E-state index contributed by atoms with van der Waals surface area (Å²) in [7, 11) is 0. The Morgan fingerprint density at radius 2 is 2.00 bits per heavy atom. The highest BCUT2D eigenvalue weighted by atomic mass is 32.1. The average molecular weight is 268 g/mol. The molecule has 2 unspecified atom stereocenters. The molecular formula is C14H24N2OS. The summed E-state index contributed by atoms with van der Waals surface area (Å²) in [6, 6.07) is 4.77. The number of nitrogens with two attached hydrogens (primary N) is 1. The van der Waals surface area contributed by atoms with Gasteiger partial charge in [-0.1, -0.05) is 0 Å². The van der Waals surface area contributed by atoms with Crippen molar-refractivity contribution in [3.8, 4) is 0 Å². The van der Waals surface area contributed by atoms with Crippen LogP contribution in [0.3, 0.4) is 0 Å². The van der Waals surface area contributed by atoms with Crippen LogP contribution < -0.4 is 5.73 Å². The number of nitrogens with zero attached hydrogens (tertiary/aromatic N) is 1. The van der Waals surface area contributed by atoms with Crippen LogP contribution in [-0.4, -0.2) is 34.7 Å². The molecule has 0 radical (unpaired) electrons. The van der Waals surface area contributed by atoms with Crippen LogP contribution in [0, 0.1) is 6.92 Å². The van der Waals surface area contributed by atoms with E-state index in [9.17, 15) is 5.11 Å². The monoisotopic (exact) mass is 268 g/mol. The standard InChI is InChI=1S/C14H24N2OS/c1-10-4-5-12(18-10)13(11(2)15)16-8-6-14(3,17)7-9-16/h4-5,11,13,17H,6-9,15H2,1-3H3. The summed E-state index contributed by atoms with van der Waals surface area (Å²) in [6.07, 6.45) is 1.67. The molecule has 3 nitrogen and oxygen atoms in total. The summed E-state index contributed by atoms with van der Waals surface area (Å²) in [4.78, 5) is 5.11. The van der Waals surface area contributed by atoms with E-state index < -0.39 is 5.60 Å². The van der Waals surface area contributed by atoms with E-state index >= 15 is 0 Å². The van der Waals surface area contributed by atoms with Crippen molar-refractivity contribution in [2.75, 3.05) is 13.1 Å². The van der Waals surface area contributed by atoms with Crippen molar-refractivity contribution in [1.82, 2.24) is 4.90 Å². The summed E-state index contributed by atoms with van der Waals surface area (Å²) in [6.45, 7) is 7.99. The minimum atomic E-state index is -0.496. The van der Waals surface area contributed by atoms with Gasteiger partial charge in [-0.3, -0.25) is 4.90 Å². The maximum Gasteiger partial charge on any atom is 0.0644 e. The molecule has 2 rings (SSSR count). The van der Waals surface area contributed by atoms with Gasteiger partial charge in [0.1, 0.15) is 0 Å². The first-order chi connectivity index (χ1) is 8.39. The number of hydrogen-bond donors (Lipinski definition) is 2. The number of thiophene rings is 1. The number of rotatable bonds is 3. The van der Waals surface area contributed by atoms with Gasteiger partial charge < -0.3 is 10.8 Å². The molecule has 0 bridgehead atoms. The molecule has 4 heteroatoms. The first-order valence-electron chi connectivity index (χ1n) is 6.67. The SMILES string of the molecule is Cc1ccc(C(C(C)N)N2CCC(C)(O)CC2)s1. The molecule has 1 aromatic heterocycles. The van der Waals surface area contributed by atoms with Crippen LogP contribution >= 0.6 is 11.3 Å². The van der Waals surface area contributed by atoms with Crippen LogP contribution in [0.2, 0.25) is 0 Å². The average Bonchev–Trinajstić information content (AvgIpc) is 2.67. The summed E-state index contributed by atoms with van der Waals surface area (Å²) < 4.78 is 0. The predicted molar refractivity (Wildman–Crippen MR) is 76.9 cm³/mol. The molecule has 1 fully saturated rings. The Morgan fingerprint density at radius 1 is 1.39 bits per heavy atom. The van der Waals surface area contributed by atoms with Gasteiger partial charge in [-0.25, -0.2) is 0 Å². The summed E-state index contributed by atoms with van der Waals surface area (Å²) >= 11 is 1.83. The first kappa shape index (κ1) is 14.0. The van der Waals surface area contributed by atoms with Crippen molar-refractivity contribution in [2.45, 2.75) is 51.3 Å². The Balaban J connectivity index is 2.12. The van der Waals surface area contributed by atoms with Gasteiger partial charge in [-0.15, -0.1) is 11.3 Å². The molecule has 0 spiro atoms. The summed E-state index contributed by atoms with van der Waals surface area (Å²) in [5.41, 5.74) is 5.68. The lowest BCUT2D eigenvalue weighted by Crippen LogP contribution is -2.47. The molecule has 102 valence electrons. The molecule has 0 aromatic carbocycles. The van der Waals surface area contributed by atoms with Crippen LogP contribution in [-0.2, 0) is 0 Å². The quantitative estimate of drug-likeness (QED) is 0.884. The fraction of sp³-hybridized carbons (Fsp3) is 0.714. The molecule has 1 aliphatic rings. The van der Waals surface area contributed by atoms with Crippen molar-refractivity contribution in [2.24, 2.45) is 5.73 Å². The van der Waals surface area contributed by atoms with E-state index in [-0.39, 0.29) is 6.04 Å². The van der Waals surface area contributed by atoms with E-state index in [1.807, 2.05) is 18.3 Å². The van der Waals surface area contributed by atoms with Gasteiger partial charge >= 0.3 is 0 Å². The second-order valence-corrected chi connectivity index (χ2v) is 7.10. The highest BCUT2D eigenvalue weighted by Gasteiger charge is 2.33. The van der Waals surface area contributed by atoms with E-state index in [1.165, 1.54) is 9.75 Å². The van der Waals surface area contributed by atoms with E-state index in [2.05, 4.69) is 30.9 Å². The van der Waals surface area contributed by atoms with Crippen molar-refractivity contribution < 1.29 is 5.11 Å². The number of likely N-dealkylation sites (tertiary alicyclic amines) is 1. The minimum absolute atomic E-state index is 0.117. The molecular weight excluding hydrogens is 244 g/mol. The van der Waals surface area contributed by atoms with Crippen LogP contribution in [0.5, 0.6) is 0 Å². The zero-order chi connectivity index (χ0) is 13.3. The maximum atomic E-state index is 10.0. The zero-order valence-corrected chi connectivity index (χ0v) is 12.3. The van der Waals surface area contributed by atoms with Crippen molar-refractivity contribution in [1.29, 1.82) is 0 Å². The van der Waals surface area contributed by atoms with E-state index in [0.29, 0.717) is 6.04 Å². The Bertz CT molecular complexity index is 390. The lowest BCUT2D eigenvalue weighted by atomic mass is 9.92. The number of hydrogen-bond acceptors (Lipinski definition) is 4. The second-order valence-electron chi connectivity index (χ2n) is 5.79. The number of aliphatic hydroxyl groups is 1. The van der Waals surface area contributed by atoms with Crippen LogP contribution in [0.25, 0.3) is 0 Å². The number of piperidine rings is 1. The summed E-state index contributed by atoms with van der Waals surface area (Å²) in [5.74, 6) is 0. The van der Waals surface area contributed by atoms with E-state index in [4.69, 9.17) is 5.73 Å². The lowest BCUT2D eigenvalue weighted by molar-refractivity contribution is -0.0189. The van der Waals surface area contributed by atoms with Crippen molar-refractivity contribution in [3.63, 3.8) is 0 Å². The van der Waals surface area contributed by atoms with Crippen molar-refractivity contribution in [3.05, 3.63) is 21.9 Å². The Kier molecular flexibility index (Phi) is 4.11. The van der Waals surface area contributed by atoms with Gasteiger partial charge in [0.15, 0.2) is 0 Å². The molecule has 0 saturated carbocycles. The number of aryl methyl sites for hydroxylation is 1. The minimum Gasteiger partial charge on any atom is -0.390 e. The summed E-state index contributed by atoms with van der Waals surface area (Å²) in [5, 5.41) is 10.0. The third-order valence-corrected chi connectivity index (χ3v) is 4.89.